The molecule has 8 heteroatoms. The molecule has 2 aromatic carbocycles. The minimum atomic E-state index is -0.244. The van der Waals surface area contributed by atoms with Crippen LogP contribution in [-0.4, -0.2) is 51.8 Å². The Morgan fingerprint density at radius 2 is 1.64 bits per heavy atom. The molecule has 0 aliphatic carbocycles. The summed E-state index contributed by atoms with van der Waals surface area (Å²) in [7, 11) is 0. The highest BCUT2D eigenvalue weighted by Gasteiger charge is 2.27. The van der Waals surface area contributed by atoms with E-state index in [0.29, 0.717) is 59.5 Å². The molecular weight excluding hydrogens is 441 g/mol. The maximum absolute atomic E-state index is 14.2. The van der Waals surface area contributed by atoms with Crippen LogP contribution in [0.5, 0.6) is 0 Å². The van der Waals surface area contributed by atoms with Gasteiger partial charge in [-0.05, 0) is 44.2 Å². The average molecular weight is 464 g/mol. The molecule has 0 bridgehead atoms. The fraction of sp³-hybridized carbons (Fsp3) is 0.240. The number of fused-ring (bicyclic) bond motifs is 1. The van der Waals surface area contributed by atoms with Crippen molar-refractivity contribution < 1.29 is 9.18 Å². The fourth-order valence-corrected chi connectivity index (χ4v) is 4.62. The lowest BCUT2D eigenvalue weighted by molar-refractivity contribution is 0.0748. The molecule has 2 aromatic heterocycles. The van der Waals surface area contributed by atoms with Gasteiger partial charge in [0.05, 0.1) is 33.0 Å². The molecule has 0 saturated carbocycles. The fourth-order valence-electron chi connectivity index (χ4n) is 4.40. The molecule has 0 spiro atoms. The molecule has 1 amide bonds. The highest BCUT2D eigenvalue weighted by atomic mass is 35.5. The van der Waals surface area contributed by atoms with E-state index in [0.717, 1.165) is 11.1 Å². The highest BCUT2D eigenvalue weighted by Crippen LogP contribution is 2.29. The van der Waals surface area contributed by atoms with Crippen molar-refractivity contribution in [3.63, 3.8) is 0 Å². The van der Waals surface area contributed by atoms with Gasteiger partial charge >= 0.3 is 0 Å². The number of rotatable bonds is 3. The first-order valence-corrected chi connectivity index (χ1v) is 11.2. The van der Waals surface area contributed by atoms with Gasteiger partial charge < -0.3 is 9.80 Å². The maximum Gasteiger partial charge on any atom is 0.254 e. The predicted molar refractivity (Wildman–Crippen MR) is 128 cm³/mol. The number of halogens is 2. The van der Waals surface area contributed by atoms with Crippen molar-refractivity contribution in [1.29, 1.82) is 0 Å². The SMILES string of the molecule is Cc1cc(C(=O)N2CCN(c3ccccc3F)CC2)c2c(C)nn(-c3ccccc3Cl)c2n1. The van der Waals surface area contributed by atoms with Crippen molar-refractivity contribution in [1.82, 2.24) is 19.7 Å². The number of para-hydroxylation sites is 2. The van der Waals surface area contributed by atoms with Gasteiger partial charge in [-0.3, -0.25) is 4.79 Å². The summed E-state index contributed by atoms with van der Waals surface area (Å²) in [5, 5.41) is 5.94. The Bertz CT molecular complexity index is 1360. The number of anilines is 1. The van der Waals surface area contributed by atoms with Gasteiger partial charge in [-0.25, -0.2) is 14.1 Å². The Morgan fingerprint density at radius 3 is 2.33 bits per heavy atom. The molecule has 6 nitrogen and oxygen atoms in total. The van der Waals surface area contributed by atoms with Crippen molar-refractivity contribution in [2.24, 2.45) is 0 Å². The van der Waals surface area contributed by atoms with E-state index in [1.54, 1.807) is 22.9 Å². The van der Waals surface area contributed by atoms with E-state index in [2.05, 4.69) is 10.1 Å². The van der Waals surface area contributed by atoms with E-state index in [1.807, 2.05) is 54.0 Å². The summed E-state index contributed by atoms with van der Waals surface area (Å²) in [6.07, 6.45) is 0. The summed E-state index contributed by atoms with van der Waals surface area (Å²) in [5.74, 6) is -0.313. The van der Waals surface area contributed by atoms with Crippen LogP contribution in [0.25, 0.3) is 16.7 Å². The third-order valence-electron chi connectivity index (χ3n) is 6.01. The number of benzene rings is 2. The summed E-state index contributed by atoms with van der Waals surface area (Å²) in [4.78, 5) is 22.1. The quantitative estimate of drug-likeness (QED) is 0.438. The molecule has 0 atom stereocenters. The Balaban J connectivity index is 1.47. The third-order valence-corrected chi connectivity index (χ3v) is 6.33. The predicted octanol–water partition coefficient (Wildman–Crippen LogP) is 4.79. The van der Waals surface area contributed by atoms with Crippen LogP contribution in [0.1, 0.15) is 21.7 Å². The van der Waals surface area contributed by atoms with Crippen molar-refractivity contribution in [3.8, 4) is 5.69 Å². The van der Waals surface area contributed by atoms with E-state index in [1.165, 1.54) is 6.07 Å². The number of amides is 1. The second-order valence-corrected chi connectivity index (χ2v) is 8.60. The minimum absolute atomic E-state index is 0.0690. The molecular formula is C25H23ClFN5O. The minimum Gasteiger partial charge on any atom is -0.366 e. The lowest BCUT2D eigenvalue weighted by Crippen LogP contribution is -2.49. The molecule has 1 saturated heterocycles. The molecule has 1 aliphatic heterocycles. The van der Waals surface area contributed by atoms with Gasteiger partial charge in [0.1, 0.15) is 5.82 Å². The van der Waals surface area contributed by atoms with E-state index in [4.69, 9.17) is 11.6 Å². The first-order valence-electron chi connectivity index (χ1n) is 10.8. The monoisotopic (exact) mass is 463 g/mol. The van der Waals surface area contributed by atoms with Crippen LogP contribution in [0.4, 0.5) is 10.1 Å². The topological polar surface area (TPSA) is 54.3 Å². The molecule has 5 rings (SSSR count). The Morgan fingerprint density at radius 1 is 0.970 bits per heavy atom. The molecule has 4 aromatic rings. The van der Waals surface area contributed by atoms with Crippen LogP contribution in [0.3, 0.4) is 0 Å². The molecule has 0 radical (unpaired) electrons. The van der Waals surface area contributed by atoms with E-state index < -0.39 is 0 Å². The number of carbonyl (C=O) groups is 1. The van der Waals surface area contributed by atoms with Crippen LogP contribution in [0, 0.1) is 19.7 Å². The number of hydrogen-bond donors (Lipinski definition) is 0. The van der Waals surface area contributed by atoms with Crippen LogP contribution in [0.2, 0.25) is 5.02 Å². The number of nitrogens with zero attached hydrogens (tertiary/aromatic N) is 5. The van der Waals surface area contributed by atoms with Crippen LogP contribution in [0.15, 0.2) is 54.6 Å². The zero-order chi connectivity index (χ0) is 23.1. The number of aromatic nitrogens is 3. The summed E-state index contributed by atoms with van der Waals surface area (Å²) in [5.41, 5.74) is 3.91. The summed E-state index contributed by atoms with van der Waals surface area (Å²) >= 11 is 6.41. The van der Waals surface area contributed by atoms with Crippen molar-refractivity contribution >= 4 is 34.2 Å². The number of aryl methyl sites for hydroxylation is 2. The number of piperazine rings is 1. The number of hydrogen-bond acceptors (Lipinski definition) is 4. The van der Waals surface area contributed by atoms with Gasteiger partial charge in [0.25, 0.3) is 5.91 Å². The Hall–Kier alpha value is -3.45. The summed E-state index contributed by atoms with van der Waals surface area (Å²) < 4.78 is 15.9. The third kappa shape index (κ3) is 3.82. The van der Waals surface area contributed by atoms with Gasteiger partial charge in [0, 0.05) is 31.9 Å². The molecule has 0 unspecified atom stereocenters. The van der Waals surface area contributed by atoms with Crippen LogP contribution < -0.4 is 4.90 Å². The molecule has 1 aliphatic rings. The summed E-state index contributed by atoms with van der Waals surface area (Å²) in [6.45, 7) is 5.89. The van der Waals surface area contributed by atoms with Crippen molar-refractivity contribution in [2.75, 3.05) is 31.1 Å². The Kier molecular flexibility index (Phi) is 5.50. The van der Waals surface area contributed by atoms with Crippen LogP contribution in [-0.2, 0) is 0 Å². The number of carbonyl (C=O) groups excluding carboxylic acids is 1. The van der Waals surface area contributed by atoms with Crippen molar-refractivity contribution in [3.05, 3.63) is 82.4 Å². The van der Waals surface area contributed by atoms with Crippen LogP contribution >= 0.6 is 11.6 Å². The first-order chi connectivity index (χ1) is 15.9. The molecule has 1 fully saturated rings. The Labute approximate surface area is 196 Å². The highest BCUT2D eigenvalue weighted by molar-refractivity contribution is 6.32. The first kappa shape index (κ1) is 21.4. The zero-order valence-electron chi connectivity index (χ0n) is 18.4. The molecule has 168 valence electrons. The zero-order valence-corrected chi connectivity index (χ0v) is 19.2. The van der Waals surface area contributed by atoms with Gasteiger partial charge in [0.2, 0.25) is 0 Å². The molecule has 3 heterocycles. The van der Waals surface area contributed by atoms with Gasteiger partial charge in [0.15, 0.2) is 5.65 Å². The second-order valence-electron chi connectivity index (χ2n) is 8.19. The smallest absolute Gasteiger partial charge is 0.254 e. The van der Waals surface area contributed by atoms with Crippen molar-refractivity contribution in [2.45, 2.75) is 13.8 Å². The van der Waals surface area contributed by atoms with E-state index >= 15 is 0 Å². The molecule has 33 heavy (non-hydrogen) atoms. The number of pyridine rings is 1. The normalized spacial score (nSPS) is 14.2. The maximum atomic E-state index is 14.2. The lowest BCUT2D eigenvalue weighted by Gasteiger charge is -2.36. The average Bonchev–Trinajstić information content (AvgIpc) is 3.14. The van der Waals surface area contributed by atoms with E-state index in [-0.39, 0.29) is 11.7 Å². The van der Waals surface area contributed by atoms with Gasteiger partial charge in [-0.15, -0.1) is 0 Å². The second kappa shape index (κ2) is 8.48. The van der Waals surface area contributed by atoms with E-state index in [9.17, 15) is 9.18 Å². The molecule has 0 N–H and O–H groups in total. The van der Waals surface area contributed by atoms with Gasteiger partial charge in [-0.2, -0.15) is 5.10 Å². The summed E-state index contributed by atoms with van der Waals surface area (Å²) in [6, 6.07) is 16.0. The van der Waals surface area contributed by atoms with Gasteiger partial charge in [-0.1, -0.05) is 35.9 Å². The largest absolute Gasteiger partial charge is 0.366 e. The lowest BCUT2D eigenvalue weighted by atomic mass is 10.1. The standard InChI is InChI=1S/C25H23ClFN5O/c1-16-15-18(23-17(2)29-32(24(23)28-16)21-9-5-3-7-19(21)26)25(33)31-13-11-30(12-14-31)22-10-6-4-8-20(22)27/h3-10,15H,11-14H2,1-2H3.